The minimum absolute atomic E-state index is 0.0116. The molecule has 0 aliphatic carbocycles. The van der Waals surface area contributed by atoms with E-state index in [1.165, 1.54) is 6.08 Å². The average molecular weight is 239 g/mol. The summed E-state index contributed by atoms with van der Waals surface area (Å²) >= 11 is 0. The molecule has 90 valence electrons. The van der Waals surface area contributed by atoms with Crippen molar-refractivity contribution in [2.24, 2.45) is 0 Å². The van der Waals surface area contributed by atoms with E-state index in [-0.39, 0.29) is 11.8 Å². The fraction of sp³-hybridized carbons (Fsp3) is 0.625. The van der Waals surface area contributed by atoms with Crippen LogP contribution in [0.5, 0.6) is 0 Å². The summed E-state index contributed by atoms with van der Waals surface area (Å²) in [6, 6.07) is 0.0116. The molecule has 0 bridgehead atoms. The highest BCUT2D eigenvalue weighted by molar-refractivity contribution is 7.79. The van der Waals surface area contributed by atoms with Crippen LogP contribution in [0.1, 0.15) is 6.92 Å². The van der Waals surface area contributed by atoms with Gasteiger partial charge in [0.1, 0.15) is 6.04 Å². The van der Waals surface area contributed by atoms with E-state index in [0.717, 1.165) is 0 Å². The summed E-state index contributed by atoms with van der Waals surface area (Å²) in [7, 11) is 1.06. The standard InChI is InChI=1S/C8H16NO.H2O4S/c1-6-8(10)7(2)9(3,4)5;1-5(2,3)4/h6-7H,1H2,2-5H3;(H2,1,2,3,4)/q+1;/p-1. The molecule has 0 aromatic carbocycles. The molecule has 0 aliphatic heterocycles. The van der Waals surface area contributed by atoms with Gasteiger partial charge in [-0.15, -0.1) is 0 Å². The van der Waals surface area contributed by atoms with Crippen molar-refractivity contribution < 1.29 is 26.8 Å². The van der Waals surface area contributed by atoms with Crippen molar-refractivity contribution >= 4 is 16.2 Å². The zero-order chi connectivity index (χ0) is 12.9. The molecule has 0 spiro atoms. The van der Waals surface area contributed by atoms with Crippen LogP contribution in [-0.4, -0.2) is 55.0 Å². The third-order valence-electron chi connectivity index (χ3n) is 1.77. The molecule has 0 aromatic heterocycles. The maximum absolute atomic E-state index is 11.0. The first-order chi connectivity index (χ1) is 6.39. The summed E-state index contributed by atoms with van der Waals surface area (Å²) in [5.41, 5.74) is 0. The lowest BCUT2D eigenvalue weighted by Gasteiger charge is -2.29. The minimum Gasteiger partial charge on any atom is -0.726 e. The van der Waals surface area contributed by atoms with Gasteiger partial charge in [-0.3, -0.25) is 9.35 Å². The first-order valence-electron chi connectivity index (χ1n) is 4.05. The number of likely N-dealkylation sites (N-methyl/N-ethyl adjacent to an activating group) is 1. The van der Waals surface area contributed by atoms with Gasteiger partial charge in [0.25, 0.3) is 0 Å². The van der Waals surface area contributed by atoms with E-state index >= 15 is 0 Å². The molecule has 1 unspecified atom stereocenters. The number of rotatable bonds is 3. The van der Waals surface area contributed by atoms with Gasteiger partial charge >= 0.3 is 0 Å². The Hall–Kier alpha value is -0.760. The van der Waals surface area contributed by atoms with Crippen LogP contribution in [0.3, 0.4) is 0 Å². The van der Waals surface area contributed by atoms with Gasteiger partial charge in [0.05, 0.1) is 21.1 Å². The lowest BCUT2D eigenvalue weighted by molar-refractivity contribution is -0.884. The van der Waals surface area contributed by atoms with Crippen LogP contribution in [0, 0.1) is 0 Å². The van der Waals surface area contributed by atoms with Crippen molar-refractivity contribution in [3.8, 4) is 0 Å². The Morgan fingerprint density at radius 3 is 1.80 bits per heavy atom. The summed E-state index contributed by atoms with van der Waals surface area (Å²) in [5, 5.41) is 0. The van der Waals surface area contributed by atoms with E-state index in [4.69, 9.17) is 17.5 Å². The first kappa shape index (κ1) is 16.7. The smallest absolute Gasteiger partial charge is 0.215 e. The Morgan fingerprint density at radius 1 is 1.47 bits per heavy atom. The molecular formula is C8H17NO5S. The Morgan fingerprint density at radius 2 is 1.73 bits per heavy atom. The molecule has 0 heterocycles. The van der Waals surface area contributed by atoms with Crippen molar-refractivity contribution in [3.63, 3.8) is 0 Å². The first-order valence-corrected chi connectivity index (χ1v) is 5.41. The normalized spacial score (nSPS) is 13.5. The average Bonchev–Trinajstić information content (AvgIpc) is 1.96. The third-order valence-corrected chi connectivity index (χ3v) is 1.77. The molecule has 6 nitrogen and oxygen atoms in total. The van der Waals surface area contributed by atoms with E-state index in [0.29, 0.717) is 4.48 Å². The largest absolute Gasteiger partial charge is 0.726 e. The SMILES string of the molecule is C=CC(=O)C(C)[N+](C)(C)C.O=S(=O)([O-])O. The molecule has 0 rings (SSSR count). The van der Waals surface area contributed by atoms with E-state index in [9.17, 15) is 4.79 Å². The molecule has 7 heteroatoms. The molecule has 0 aromatic rings. The maximum atomic E-state index is 11.0. The van der Waals surface area contributed by atoms with Gasteiger partial charge in [-0.05, 0) is 13.0 Å². The number of nitrogens with zero attached hydrogens (tertiary/aromatic N) is 1. The van der Waals surface area contributed by atoms with Crippen LogP contribution < -0.4 is 0 Å². The summed E-state index contributed by atoms with van der Waals surface area (Å²) in [5.74, 6) is 0.104. The zero-order valence-corrected chi connectivity index (χ0v) is 10.1. The zero-order valence-electron chi connectivity index (χ0n) is 9.30. The van der Waals surface area contributed by atoms with Crippen molar-refractivity contribution in [1.82, 2.24) is 0 Å². The quantitative estimate of drug-likeness (QED) is 0.319. The van der Waals surface area contributed by atoms with Crippen LogP contribution in [0.25, 0.3) is 0 Å². The highest BCUT2D eigenvalue weighted by Crippen LogP contribution is 2.02. The topological polar surface area (TPSA) is 94.5 Å². The molecule has 1 atom stereocenters. The summed E-state index contributed by atoms with van der Waals surface area (Å²) in [6.07, 6.45) is 1.38. The lowest BCUT2D eigenvalue weighted by Crippen LogP contribution is -2.47. The number of quaternary nitrogens is 1. The fourth-order valence-electron chi connectivity index (χ4n) is 0.552. The Balaban J connectivity index is 0. The number of hydrogen-bond acceptors (Lipinski definition) is 4. The molecule has 0 radical (unpaired) electrons. The van der Waals surface area contributed by atoms with Gasteiger partial charge in [-0.25, -0.2) is 8.42 Å². The van der Waals surface area contributed by atoms with Gasteiger partial charge in [0, 0.05) is 0 Å². The summed E-state index contributed by atoms with van der Waals surface area (Å²) in [4.78, 5) is 11.0. The second kappa shape index (κ2) is 5.96. The number of carbonyl (C=O) groups is 1. The van der Waals surface area contributed by atoms with Crippen molar-refractivity contribution in [2.75, 3.05) is 21.1 Å². The monoisotopic (exact) mass is 239 g/mol. The molecule has 0 fully saturated rings. The van der Waals surface area contributed by atoms with Gasteiger partial charge in [0.2, 0.25) is 16.2 Å². The van der Waals surface area contributed by atoms with Crippen LogP contribution in [0.15, 0.2) is 12.7 Å². The van der Waals surface area contributed by atoms with Gasteiger partial charge in [0.15, 0.2) is 0 Å². The molecule has 0 saturated carbocycles. The van der Waals surface area contributed by atoms with Crippen molar-refractivity contribution in [1.29, 1.82) is 0 Å². The molecule has 0 saturated heterocycles. The Labute approximate surface area is 90.4 Å². The van der Waals surface area contributed by atoms with E-state index in [1.54, 1.807) is 0 Å². The molecule has 0 amide bonds. The third kappa shape index (κ3) is 13.2. The Bertz CT molecular complexity index is 306. The van der Waals surface area contributed by atoms with Crippen LogP contribution in [0.4, 0.5) is 0 Å². The van der Waals surface area contributed by atoms with Crippen LogP contribution in [0.2, 0.25) is 0 Å². The van der Waals surface area contributed by atoms with Gasteiger partial charge in [-0.1, -0.05) is 6.58 Å². The van der Waals surface area contributed by atoms with Crippen LogP contribution in [-0.2, 0) is 15.2 Å². The molecular weight excluding hydrogens is 222 g/mol. The number of hydrogen-bond donors (Lipinski definition) is 1. The van der Waals surface area contributed by atoms with E-state index in [2.05, 4.69) is 6.58 Å². The second-order valence-electron chi connectivity index (χ2n) is 3.83. The number of ketones is 1. The second-order valence-corrected chi connectivity index (χ2v) is 4.68. The maximum Gasteiger partial charge on any atom is 0.215 e. The lowest BCUT2D eigenvalue weighted by atomic mass is 10.2. The van der Waals surface area contributed by atoms with Crippen molar-refractivity contribution in [2.45, 2.75) is 13.0 Å². The van der Waals surface area contributed by atoms with E-state index < -0.39 is 10.4 Å². The number of carbonyl (C=O) groups excluding carboxylic acids is 1. The van der Waals surface area contributed by atoms with Crippen molar-refractivity contribution in [3.05, 3.63) is 12.7 Å². The highest BCUT2D eigenvalue weighted by Gasteiger charge is 2.23. The predicted octanol–water partition coefficient (Wildman–Crippen LogP) is -0.159. The highest BCUT2D eigenvalue weighted by atomic mass is 32.3. The minimum atomic E-state index is -4.92. The molecule has 15 heavy (non-hydrogen) atoms. The predicted molar refractivity (Wildman–Crippen MR) is 55.0 cm³/mol. The van der Waals surface area contributed by atoms with E-state index in [1.807, 2.05) is 28.1 Å². The van der Waals surface area contributed by atoms with Gasteiger partial charge in [-0.2, -0.15) is 0 Å². The summed E-state index contributed by atoms with van der Waals surface area (Å²) < 4.78 is 33.5. The Kier molecular flexibility index (Phi) is 6.62. The van der Waals surface area contributed by atoms with Gasteiger partial charge < -0.3 is 9.04 Å². The molecule has 0 aliphatic rings. The van der Waals surface area contributed by atoms with Crippen LogP contribution >= 0.6 is 0 Å². The summed E-state index contributed by atoms with van der Waals surface area (Å²) in [6.45, 7) is 5.34. The molecule has 1 N–H and O–H groups in total. The fourth-order valence-corrected chi connectivity index (χ4v) is 0.552.